The first-order valence-corrected chi connectivity index (χ1v) is 11.6. The van der Waals surface area contributed by atoms with Crippen molar-refractivity contribution in [1.82, 2.24) is 0 Å². The zero-order chi connectivity index (χ0) is 23.3. The smallest absolute Gasteiger partial charge is 0.305 e. The highest BCUT2D eigenvalue weighted by atomic mass is 16.6. The molecule has 0 spiro atoms. The molecule has 2 rings (SSSR count). The van der Waals surface area contributed by atoms with Crippen LogP contribution >= 0.6 is 0 Å². The standard InChI is InChI=1S/C25H42O6/c1-15(14-25(6)24(31-25)18(4)23(29-7)19(5)26)9-8-10-16(2)22-17(3)11-12-20(30-22)13-21(27)28/h8-10,15,17-20,22-24,26H,11-14H2,1-7H3,(H,27,28)/b9-8+,16-10+/t15-,17-,18+,19-,20+,22+,23-,24+,25+/m0/s1. The van der Waals surface area contributed by atoms with Crippen LogP contribution in [0.3, 0.4) is 0 Å². The lowest BCUT2D eigenvalue weighted by Gasteiger charge is -2.35. The largest absolute Gasteiger partial charge is 0.481 e. The van der Waals surface area contributed by atoms with Crippen molar-refractivity contribution in [3.63, 3.8) is 0 Å². The second-order valence-electron chi connectivity index (χ2n) is 9.96. The molecule has 178 valence electrons. The molecule has 2 aliphatic heterocycles. The van der Waals surface area contributed by atoms with Crippen molar-refractivity contribution in [2.24, 2.45) is 17.8 Å². The van der Waals surface area contributed by atoms with Gasteiger partial charge in [-0.1, -0.05) is 39.0 Å². The number of rotatable bonds is 11. The van der Waals surface area contributed by atoms with E-state index in [0.29, 0.717) is 11.8 Å². The van der Waals surface area contributed by atoms with E-state index in [1.165, 1.54) is 0 Å². The second-order valence-corrected chi connectivity index (χ2v) is 9.96. The number of aliphatic carboxylic acids is 1. The van der Waals surface area contributed by atoms with Gasteiger partial charge in [-0.25, -0.2) is 0 Å². The molecule has 2 aliphatic rings. The van der Waals surface area contributed by atoms with Crippen molar-refractivity contribution in [2.45, 2.75) is 103 Å². The summed E-state index contributed by atoms with van der Waals surface area (Å²) in [5.41, 5.74) is 0.935. The van der Waals surface area contributed by atoms with Crippen molar-refractivity contribution < 1.29 is 29.2 Å². The lowest BCUT2D eigenvalue weighted by molar-refractivity contribution is -0.143. The fourth-order valence-electron chi connectivity index (χ4n) is 5.22. The van der Waals surface area contributed by atoms with Gasteiger partial charge in [0.1, 0.15) is 0 Å². The van der Waals surface area contributed by atoms with E-state index in [-0.39, 0.29) is 42.4 Å². The number of aliphatic hydroxyl groups excluding tert-OH is 1. The van der Waals surface area contributed by atoms with Gasteiger partial charge in [-0.05, 0) is 57.4 Å². The molecule has 2 saturated heterocycles. The number of aliphatic hydroxyl groups is 1. The van der Waals surface area contributed by atoms with E-state index >= 15 is 0 Å². The molecule has 2 N–H and O–H groups in total. The lowest BCUT2D eigenvalue weighted by Crippen LogP contribution is -2.36. The molecule has 0 aromatic heterocycles. The van der Waals surface area contributed by atoms with Gasteiger partial charge in [0.15, 0.2) is 0 Å². The number of allylic oxidation sites excluding steroid dienone is 3. The number of methoxy groups -OCH3 is 1. The van der Waals surface area contributed by atoms with Gasteiger partial charge in [0, 0.05) is 13.0 Å². The van der Waals surface area contributed by atoms with E-state index in [1.807, 2.05) is 0 Å². The number of hydrogen-bond donors (Lipinski definition) is 2. The first-order chi connectivity index (χ1) is 14.5. The summed E-state index contributed by atoms with van der Waals surface area (Å²) >= 11 is 0. The number of ether oxygens (including phenoxy) is 3. The van der Waals surface area contributed by atoms with Crippen LogP contribution in [0.15, 0.2) is 23.8 Å². The number of epoxide rings is 1. The number of carboxylic acid groups (broad SMARTS) is 1. The van der Waals surface area contributed by atoms with Crippen molar-refractivity contribution >= 4 is 5.97 Å². The Morgan fingerprint density at radius 3 is 2.55 bits per heavy atom. The Balaban J connectivity index is 1.89. The van der Waals surface area contributed by atoms with Gasteiger partial charge in [-0.15, -0.1) is 0 Å². The molecule has 2 heterocycles. The minimum absolute atomic E-state index is 0.0287. The van der Waals surface area contributed by atoms with Gasteiger partial charge >= 0.3 is 5.97 Å². The summed E-state index contributed by atoms with van der Waals surface area (Å²) in [6, 6.07) is 0. The third kappa shape index (κ3) is 7.14. The summed E-state index contributed by atoms with van der Waals surface area (Å²) in [6.07, 6.45) is 8.21. The minimum atomic E-state index is -0.803. The molecule has 0 unspecified atom stereocenters. The zero-order valence-corrected chi connectivity index (χ0v) is 20.2. The SMILES string of the molecule is CO[C@@H]([C@@H](C)[C@H]1O[C@]1(C)C[C@@H](C)/C=C/C=C(\C)[C@H]1O[C@@H](CC(=O)O)CC[C@@H]1C)[C@H](C)O. The molecule has 31 heavy (non-hydrogen) atoms. The predicted molar refractivity (Wildman–Crippen MR) is 121 cm³/mol. The summed E-state index contributed by atoms with van der Waals surface area (Å²) in [4.78, 5) is 11.0. The molecule has 6 heteroatoms. The Bertz CT molecular complexity index is 656. The van der Waals surface area contributed by atoms with Gasteiger partial charge in [0.25, 0.3) is 0 Å². The zero-order valence-electron chi connectivity index (χ0n) is 20.2. The highest BCUT2D eigenvalue weighted by Gasteiger charge is 2.56. The van der Waals surface area contributed by atoms with Crippen LogP contribution in [0, 0.1) is 17.8 Å². The Hall–Kier alpha value is -1.21. The van der Waals surface area contributed by atoms with Gasteiger partial charge < -0.3 is 24.4 Å². The van der Waals surface area contributed by atoms with Crippen LogP contribution in [0.2, 0.25) is 0 Å². The molecule has 0 aliphatic carbocycles. The highest BCUT2D eigenvalue weighted by Crippen LogP contribution is 2.47. The molecule has 0 radical (unpaired) electrons. The monoisotopic (exact) mass is 438 g/mol. The average molecular weight is 439 g/mol. The van der Waals surface area contributed by atoms with E-state index in [4.69, 9.17) is 19.3 Å². The average Bonchev–Trinajstić information content (AvgIpc) is 3.33. The maximum Gasteiger partial charge on any atom is 0.305 e. The second kappa shape index (κ2) is 11.1. The Morgan fingerprint density at radius 2 is 1.97 bits per heavy atom. The molecule has 0 aromatic carbocycles. The van der Waals surface area contributed by atoms with Crippen molar-refractivity contribution in [3.05, 3.63) is 23.8 Å². The van der Waals surface area contributed by atoms with E-state index < -0.39 is 12.1 Å². The van der Waals surface area contributed by atoms with Crippen LogP contribution in [0.1, 0.15) is 67.2 Å². The number of carbonyl (C=O) groups is 1. The topological polar surface area (TPSA) is 88.5 Å². The minimum Gasteiger partial charge on any atom is -0.481 e. The van der Waals surface area contributed by atoms with Crippen molar-refractivity contribution in [3.8, 4) is 0 Å². The van der Waals surface area contributed by atoms with Gasteiger partial charge in [-0.3, -0.25) is 4.79 Å². The molecule has 0 bridgehead atoms. The first kappa shape index (κ1) is 26.0. The Morgan fingerprint density at radius 1 is 1.29 bits per heavy atom. The maximum atomic E-state index is 11.0. The van der Waals surface area contributed by atoms with E-state index in [1.54, 1.807) is 14.0 Å². The molecular weight excluding hydrogens is 396 g/mol. The van der Waals surface area contributed by atoms with Crippen molar-refractivity contribution in [2.75, 3.05) is 7.11 Å². The van der Waals surface area contributed by atoms with E-state index in [0.717, 1.165) is 24.8 Å². The van der Waals surface area contributed by atoms with Crippen LogP contribution < -0.4 is 0 Å². The molecule has 2 fully saturated rings. The first-order valence-electron chi connectivity index (χ1n) is 11.6. The molecular formula is C25H42O6. The van der Waals surface area contributed by atoms with Gasteiger partial charge in [0.05, 0.1) is 42.5 Å². The van der Waals surface area contributed by atoms with Gasteiger partial charge in [0.2, 0.25) is 0 Å². The van der Waals surface area contributed by atoms with Crippen LogP contribution in [0.4, 0.5) is 0 Å². The van der Waals surface area contributed by atoms with E-state index in [2.05, 4.69) is 52.8 Å². The van der Waals surface area contributed by atoms with Gasteiger partial charge in [-0.2, -0.15) is 0 Å². The summed E-state index contributed by atoms with van der Waals surface area (Å²) in [5.74, 6) is 0.0402. The highest BCUT2D eigenvalue weighted by molar-refractivity contribution is 5.67. The summed E-state index contributed by atoms with van der Waals surface area (Å²) in [7, 11) is 1.63. The van der Waals surface area contributed by atoms with Crippen LogP contribution in [0.5, 0.6) is 0 Å². The summed E-state index contributed by atoms with van der Waals surface area (Å²) in [6.45, 7) is 12.4. The van der Waals surface area contributed by atoms with E-state index in [9.17, 15) is 9.90 Å². The normalized spacial score (nSPS) is 35.5. The van der Waals surface area contributed by atoms with Crippen LogP contribution in [-0.2, 0) is 19.0 Å². The Kier molecular flexibility index (Phi) is 9.31. The van der Waals surface area contributed by atoms with Crippen molar-refractivity contribution in [1.29, 1.82) is 0 Å². The van der Waals surface area contributed by atoms with Crippen LogP contribution in [0.25, 0.3) is 0 Å². The summed E-state index contributed by atoms with van der Waals surface area (Å²) < 4.78 is 17.6. The third-order valence-corrected chi connectivity index (χ3v) is 6.86. The molecule has 0 amide bonds. The number of hydrogen-bond acceptors (Lipinski definition) is 5. The fraction of sp³-hybridized carbons (Fsp3) is 0.800. The maximum absolute atomic E-state index is 11.0. The molecule has 9 atom stereocenters. The molecule has 6 nitrogen and oxygen atoms in total. The molecule has 0 aromatic rings. The predicted octanol–water partition coefficient (Wildman–Crippen LogP) is 4.36. The third-order valence-electron chi connectivity index (χ3n) is 6.86. The summed E-state index contributed by atoms with van der Waals surface area (Å²) in [5, 5.41) is 19.0. The Labute approximate surface area is 187 Å². The van der Waals surface area contributed by atoms with Crippen LogP contribution in [-0.4, -0.2) is 59.4 Å². The quantitative estimate of drug-likeness (QED) is 0.368. The fourth-order valence-corrected chi connectivity index (χ4v) is 5.22. The molecule has 0 saturated carbocycles. The number of carboxylic acids is 1. The lowest BCUT2D eigenvalue weighted by atomic mass is 9.85.